The molecule has 2 heteroatoms. The van der Waals surface area contributed by atoms with E-state index in [0.29, 0.717) is 6.42 Å². The summed E-state index contributed by atoms with van der Waals surface area (Å²) in [4.78, 5) is 9.97. The fourth-order valence-electron chi connectivity index (χ4n) is 0.497. The molecule has 0 heterocycles. The summed E-state index contributed by atoms with van der Waals surface area (Å²) in [6, 6.07) is 0. The number of carbonyl (C=O) groups is 1. The molecule has 0 unspecified atom stereocenters. The van der Waals surface area contributed by atoms with Gasteiger partial charge in [-0.05, 0) is 13.3 Å². The van der Waals surface area contributed by atoms with E-state index in [4.69, 9.17) is 5.11 Å². The van der Waals surface area contributed by atoms with Crippen molar-refractivity contribution in [2.75, 3.05) is 0 Å². The molecule has 0 rings (SSSR count). The van der Waals surface area contributed by atoms with E-state index in [-0.39, 0.29) is 0 Å². The van der Waals surface area contributed by atoms with E-state index in [1.54, 1.807) is 13.0 Å². The van der Waals surface area contributed by atoms with Crippen LogP contribution in [0.2, 0.25) is 0 Å². The molecule has 50 valence electrons. The van der Waals surface area contributed by atoms with E-state index < -0.39 is 5.97 Å². The van der Waals surface area contributed by atoms with E-state index in [1.165, 1.54) is 6.08 Å². The number of aliphatic carboxylic acids is 1. The third-order valence-electron chi connectivity index (χ3n) is 0.836. The van der Waals surface area contributed by atoms with Gasteiger partial charge in [-0.1, -0.05) is 11.6 Å². The van der Waals surface area contributed by atoms with Gasteiger partial charge in [-0.3, -0.25) is 0 Å². The van der Waals surface area contributed by atoms with Crippen LogP contribution in [0.15, 0.2) is 24.3 Å². The molecule has 0 bridgehead atoms. The van der Waals surface area contributed by atoms with E-state index in [0.717, 1.165) is 5.57 Å². The standard InChI is InChI=1S/C7H10O2/c1-3-4-6(2)5-7(8)9/h3,5H,1,4H2,2H3,(H,8,9). The molecule has 0 aromatic rings. The maximum absolute atomic E-state index is 9.97. The van der Waals surface area contributed by atoms with Crippen molar-refractivity contribution in [3.63, 3.8) is 0 Å². The first-order valence-electron chi connectivity index (χ1n) is 2.68. The molecule has 0 aliphatic heterocycles. The first kappa shape index (κ1) is 7.95. The highest BCUT2D eigenvalue weighted by molar-refractivity contribution is 5.80. The molecule has 0 radical (unpaired) electrons. The van der Waals surface area contributed by atoms with Crippen LogP contribution in [0.5, 0.6) is 0 Å². The number of hydrogen-bond donors (Lipinski definition) is 1. The van der Waals surface area contributed by atoms with Crippen molar-refractivity contribution in [1.82, 2.24) is 0 Å². The molecule has 0 aliphatic rings. The Hall–Kier alpha value is -1.05. The summed E-state index contributed by atoms with van der Waals surface area (Å²) in [5, 5.41) is 8.20. The number of carboxylic acids is 1. The lowest BCUT2D eigenvalue weighted by molar-refractivity contribution is -0.131. The molecule has 2 nitrogen and oxygen atoms in total. The second-order valence-electron chi connectivity index (χ2n) is 1.82. The van der Waals surface area contributed by atoms with Gasteiger partial charge >= 0.3 is 5.97 Å². The van der Waals surface area contributed by atoms with Crippen molar-refractivity contribution in [3.8, 4) is 0 Å². The lowest BCUT2D eigenvalue weighted by Gasteiger charge is -1.89. The third kappa shape index (κ3) is 4.81. The van der Waals surface area contributed by atoms with Gasteiger partial charge in [0.15, 0.2) is 0 Å². The Morgan fingerprint density at radius 1 is 1.78 bits per heavy atom. The van der Waals surface area contributed by atoms with Crippen LogP contribution in [0.25, 0.3) is 0 Å². The van der Waals surface area contributed by atoms with Gasteiger partial charge in [-0.15, -0.1) is 6.58 Å². The average molecular weight is 126 g/mol. The molecule has 0 atom stereocenters. The molecule has 0 saturated carbocycles. The Balaban J connectivity index is 3.83. The third-order valence-corrected chi connectivity index (χ3v) is 0.836. The molecular formula is C7H10O2. The van der Waals surface area contributed by atoms with Crippen LogP contribution < -0.4 is 0 Å². The fourth-order valence-corrected chi connectivity index (χ4v) is 0.497. The van der Waals surface area contributed by atoms with Gasteiger partial charge in [-0.25, -0.2) is 4.79 Å². The number of allylic oxidation sites excluding steroid dienone is 2. The smallest absolute Gasteiger partial charge is 0.328 e. The minimum atomic E-state index is -0.894. The lowest BCUT2D eigenvalue weighted by Crippen LogP contribution is -1.88. The van der Waals surface area contributed by atoms with E-state index in [9.17, 15) is 4.79 Å². The second-order valence-corrected chi connectivity index (χ2v) is 1.82. The van der Waals surface area contributed by atoms with Crippen LogP contribution in [0.1, 0.15) is 13.3 Å². The maximum Gasteiger partial charge on any atom is 0.328 e. The van der Waals surface area contributed by atoms with Gasteiger partial charge in [0.05, 0.1) is 0 Å². The quantitative estimate of drug-likeness (QED) is 0.460. The van der Waals surface area contributed by atoms with Crippen molar-refractivity contribution < 1.29 is 9.90 Å². The summed E-state index contributed by atoms with van der Waals surface area (Å²) in [5.41, 5.74) is 0.817. The first-order chi connectivity index (χ1) is 4.16. The number of carboxylic acid groups (broad SMARTS) is 1. The average Bonchev–Trinajstić information content (AvgIpc) is 1.63. The monoisotopic (exact) mass is 126 g/mol. The molecule has 0 fully saturated rings. The summed E-state index contributed by atoms with van der Waals surface area (Å²) in [6.45, 7) is 5.23. The Bertz CT molecular complexity index is 145. The first-order valence-corrected chi connectivity index (χ1v) is 2.68. The number of rotatable bonds is 3. The summed E-state index contributed by atoms with van der Waals surface area (Å²) in [7, 11) is 0. The van der Waals surface area contributed by atoms with Gasteiger partial charge in [0, 0.05) is 6.08 Å². The van der Waals surface area contributed by atoms with Crippen molar-refractivity contribution in [1.29, 1.82) is 0 Å². The lowest BCUT2D eigenvalue weighted by atomic mass is 10.2. The van der Waals surface area contributed by atoms with Crippen molar-refractivity contribution in [2.24, 2.45) is 0 Å². The Labute approximate surface area is 54.5 Å². The maximum atomic E-state index is 9.97. The summed E-state index contributed by atoms with van der Waals surface area (Å²) in [5.74, 6) is -0.894. The van der Waals surface area contributed by atoms with Crippen LogP contribution in [0, 0.1) is 0 Å². The molecule has 0 saturated heterocycles. The fraction of sp³-hybridized carbons (Fsp3) is 0.286. The van der Waals surface area contributed by atoms with Crippen LogP contribution in [-0.2, 0) is 4.79 Å². The minimum Gasteiger partial charge on any atom is -0.478 e. The Kier molecular flexibility index (Phi) is 3.44. The highest BCUT2D eigenvalue weighted by atomic mass is 16.4. The highest BCUT2D eigenvalue weighted by Crippen LogP contribution is 1.98. The van der Waals surface area contributed by atoms with E-state index >= 15 is 0 Å². The molecule has 9 heavy (non-hydrogen) atoms. The zero-order valence-electron chi connectivity index (χ0n) is 5.42. The Morgan fingerprint density at radius 3 is 2.67 bits per heavy atom. The second kappa shape index (κ2) is 3.89. The normalized spacial score (nSPS) is 11.0. The molecule has 1 N–H and O–H groups in total. The SMILES string of the molecule is C=CCC(C)=CC(=O)O. The van der Waals surface area contributed by atoms with Gasteiger partial charge < -0.3 is 5.11 Å². The van der Waals surface area contributed by atoms with Gasteiger partial charge in [0.2, 0.25) is 0 Å². The van der Waals surface area contributed by atoms with Crippen LogP contribution in [0.3, 0.4) is 0 Å². The zero-order chi connectivity index (χ0) is 7.28. The van der Waals surface area contributed by atoms with Gasteiger partial charge in [-0.2, -0.15) is 0 Å². The molecule has 0 spiro atoms. The predicted octanol–water partition coefficient (Wildman–Crippen LogP) is 1.59. The summed E-state index contributed by atoms with van der Waals surface area (Å²) < 4.78 is 0. The predicted molar refractivity (Wildman–Crippen MR) is 36.2 cm³/mol. The molecular weight excluding hydrogens is 116 g/mol. The van der Waals surface area contributed by atoms with Crippen LogP contribution in [-0.4, -0.2) is 11.1 Å². The van der Waals surface area contributed by atoms with Crippen molar-refractivity contribution in [2.45, 2.75) is 13.3 Å². The summed E-state index contributed by atoms with van der Waals surface area (Å²) >= 11 is 0. The van der Waals surface area contributed by atoms with Gasteiger partial charge in [0.25, 0.3) is 0 Å². The molecule has 0 amide bonds. The summed E-state index contributed by atoms with van der Waals surface area (Å²) in [6.07, 6.45) is 3.50. The topological polar surface area (TPSA) is 37.3 Å². The zero-order valence-corrected chi connectivity index (χ0v) is 5.42. The Morgan fingerprint density at radius 2 is 2.33 bits per heavy atom. The van der Waals surface area contributed by atoms with E-state index in [1.807, 2.05) is 0 Å². The molecule has 0 aromatic carbocycles. The van der Waals surface area contributed by atoms with Crippen molar-refractivity contribution in [3.05, 3.63) is 24.3 Å². The molecule has 0 aromatic heterocycles. The van der Waals surface area contributed by atoms with Crippen LogP contribution >= 0.6 is 0 Å². The van der Waals surface area contributed by atoms with E-state index in [2.05, 4.69) is 6.58 Å². The van der Waals surface area contributed by atoms with Gasteiger partial charge in [0.1, 0.15) is 0 Å². The minimum absolute atomic E-state index is 0.645. The van der Waals surface area contributed by atoms with Crippen LogP contribution in [0.4, 0.5) is 0 Å². The highest BCUT2D eigenvalue weighted by Gasteiger charge is 1.89. The molecule has 0 aliphatic carbocycles. The largest absolute Gasteiger partial charge is 0.478 e. The van der Waals surface area contributed by atoms with Crippen molar-refractivity contribution >= 4 is 5.97 Å². The number of hydrogen-bond acceptors (Lipinski definition) is 1.